The summed E-state index contributed by atoms with van der Waals surface area (Å²) in [6, 6.07) is 17.2. The van der Waals surface area contributed by atoms with Gasteiger partial charge in [0.25, 0.3) is 5.91 Å². The van der Waals surface area contributed by atoms with E-state index in [1.54, 1.807) is 36.4 Å². The standard InChI is InChI=1S/C27H24BrNO8/c1-15-4-8-17(9-5-15)26(33)36-22(24(30)29-20-14-19(28)12-13-21(20)35-3)23(25(31)32)37-27(34)18-10-6-16(2)7-11-18/h4-14,22-23H,1-3H3,(H,29,30)(H,31,32)/t22-,23+/m0/s1. The van der Waals surface area contributed by atoms with Crippen LogP contribution in [0.4, 0.5) is 5.69 Å². The molecule has 0 spiro atoms. The minimum atomic E-state index is -2.15. The monoisotopic (exact) mass is 569 g/mol. The Kier molecular flexibility index (Phi) is 9.02. The van der Waals surface area contributed by atoms with Crippen molar-refractivity contribution in [2.75, 3.05) is 12.4 Å². The van der Waals surface area contributed by atoms with Crippen LogP contribution in [0.1, 0.15) is 31.8 Å². The van der Waals surface area contributed by atoms with Gasteiger partial charge >= 0.3 is 17.9 Å². The Labute approximate surface area is 221 Å². The second-order valence-electron chi connectivity index (χ2n) is 8.06. The van der Waals surface area contributed by atoms with E-state index in [-0.39, 0.29) is 22.6 Å². The number of esters is 2. The first-order valence-electron chi connectivity index (χ1n) is 11.0. The number of carbonyl (C=O) groups is 4. The van der Waals surface area contributed by atoms with Gasteiger partial charge in [-0.05, 0) is 56.3 Å². The van der Waals surface area contributed by atoms with Gasteiger partial charge in [0.1, 0.15) is 5.75 Å². The minimum absolute atomic E-state index is 0.0644. The Morgan fingerprint density at radius 1 is 0.784 bits per heavy atom. The predicted octanol–water partition coefficient (Wildman–Crippen LogP) is 4.55. The predicted molar refractivity (Wildman–Crippen MR) is 138 cm³/mol. The van der Waals surface area contributed by atoms with Gasteiger partial charge in [-0.15, -0.1) is 0 Å². The molecule has 0 aliphatic heterocycles. The summed E-state index contributed by atoms with van der Waals surface area (Å²) in [5.74, 6) is -4.43. The summed E-state index contributed by atoms with van der Waals surface area (Å²) in [4.78, 5) is 51.0. The molecule has 0 heterocycles. The highest BCUT2D eigenvalue weighted by molar-refractivity contribution is 9.10. The van der Waals surface area contributed by atoms with Crippen molar-refractivity contribution in [3.63, 3.8) is 0 Å². The Balaban J connectivity index is 1.95. The quantitative estimate of drug-likeness (QED) is 0.359. The molecular weight excluding hydrogens is 546 g/mol. The van der Waals surface area contributed by atoms with Gasteiger partial charge in [0.2, 0.25) is 12.2 Å². The van der Waals surface area contributed by atoms with E-state index in [0.29, 0.717) is 4.47 Å². The molecule has 0 aliphatic carbocycles. The Bertz CT molecular complexity index is 1300. The fourth-order valence-corrected chi connectivity index (χ4v) is 3.58. The summed E-state index contributed by atoms with van der Waals surface area (Å²) in [7, 11) is 1.39. The molecule has 2 N–H and O–H groups in total. The molecule has 0 aromatic heterocycles. The average molecular weight is 570 g/mol. The SMILES string of the molecule is COc1ccc(Br)cc1NC(=O)[C@@H](OC(=O)c1ccc(C)cc1)[C@@H](OC(=O)c1ccc(C)cc1)C(=O)O. The van der Waals surface area contributed by atoms with Crippen LogP contribution in [0.25, 0.3) is 0 Å². The zero-order valence-electron chi connectivity index (χ0n) is 20.2. The van der Waals surface area contributed by atoms with Crippen LogP contribution in [0.3, 0.4) is 0 Å². The Hall–Kier alpha value is -4.18. The van der Waals surface area contributed by atoms with Gasteiger partial charge in [0.15, 0.2) is 0 Å². The van der Waals surface area contributed by atoms with Gasteiger partial charge in [0, 0.05) is 4.47 Å². The second kappa shape index (κ2) is 12.2. The van der Waals surface area contributed by atoms with E-state index >= 15 is 0 Å². The number of amides is 1. The molecule has 0 aliphatic rings. The zero-order chi connectivity index (χ0) is 27.1. The number of aliphatic carboxylic acids is 1. The largest absolute Gasteiger partial charge is 0.495 e. The molecule has 0 bridgehead atoms. The highest BCUT2D eigenvalue weighted by Crippen LogP contribution is 2.28. The molecule has 0 saturated heterocycles. The Morgan fingerprint density at radius 2 is 1.27 bits per heavy atom. The van der Waals surface area contributed by atoms with E-state index in [2.05, 4.69) is 21.2 Å². The van der Waals surface area contributed by atoms with Gasteiger partial charge in [0.05, 0.1) is 23.9 Å². The van der Waals surface area contributed by atoms with E-state index in [1.165, 1.54) is 37.4 Å². The second-order valence-corrected chi connectivity index (χ2v) is 8.97. The number of methoxy groups -OCH3 is 1. The average Bonchev–Trinajstić information content (AvgIpc) is 2.86. The van der Waals surface area contributed by atoms with Crippen molar-refractivity contribution >= 4 is 45.4 Å². The summed E-state index contributed by atoms with van der Waals surface area (Å²) in [6.45, 7) is 3.64. The van der Waals surface area contributed by atoms with Crippen LogP contribution < -0.4 is 10.1 Å². The molecule has 2 atom stereocenters. The molecule has 0 fully saturated rings. The number of hydrogen-bond acceptors (Lipinski definition) is 7. The van der Waals surface area contributed by atoms with Gasteiger partial charge in [-0.2, -0.15) is 0 Å². The highest BCUT2D eigenvalue weighted by atomic mass is 79.9. The normalized spacial score (nSPS) is 12.1. The molecular formula is C27H24BrNO8. The molecule has 37 heavy (non-hydrogen) atoms. The number of ether oxygens (including phenoxy) is 3. The number of aryl methyl sites for hydroxylation is 2. The lowest BCUT2D eigenvalue weighted by atomic mass is 10.1. The maximum Gasteiger partial charge on any atom is 0.349 e. The molecule has 1 amide bonds. The maximum atomic E-state index is 13.3. The van der Waals surface area contributed by atoms with Crippen molar-refractivity contribution in [2.45, 2.75) is 26.1 Å². The lowest BCUT2D eigenvalue weighted by Crippen LogP contribution is -2.48. The molecule has 9 nitrogen and oxygen atoms in total. The zero-order valence-corrected chi connectivity index (χ0v) is 21.8. The van der Waals surface area contributed by atoms with Crippen molar-refractivity contribution in [2.24, 2.45) is 0 Å². The third-order valence-corrected chi connectivity index (χ3v) is 5.73. The number of nitrogens with one attached hydrogen (secondary N) is 1. The number of benzene rings is 3. The number of carbonyl (C=O) groups excluding carboxylic acids is 3. The van der Waals surface area contributed by atoms with Gasteiger partial charge in [-0.1, -0.05) is 51.3 Å². The maximum absolute atomic E-state index is 13.3. The molecule has 0 saturated carbocycles. The van der Waals surface area contributed by atoms with E-state index in [9.17, 15) is 24.3 Å². The number of anilines is 1. The van der Waals surface area contributed by atoms with E-state index in [1.807, 2.05) is 13.8 Å². The first-order chi connectivity index (χ1) is 17.6. The van der Waals surface area contributed by atoms with Gasteiger partial charge in [-0.25, -0.2) is 14.4 Å². The van der Waals surface area contributed by atoms with E-state index in [0.717, 1.165) is 11.1 Å². The van der Waals surface area contributed by atoms with Crippen molar-refractivity contribution < 1.29 is 38.5 Å². The van der Waals surface area contributed by atoms with Gasteiger partial charge < -0.3 is 24.6 Å². The van der Waals surface area contributed by atoms with Crippen molar-refractivity contribution in [1.29, 1.82) is 0 Å². The summed E-state index contributed by atoms with van der Waals surface area (Å²) in [6.07, 6.45) is -4.19. The summed E-state index contributed by atoms with van der Waals surface area (Å²) < 4.78 is 16.3. The molecule has 3 rings (SSSR count). The van der Waals surface area contributed by atoms with Crippen LogP contribution in [0.5, 0.6) is 5.75 Å². The number of rotatable bonds is 9. The fraction of sp³-hybridized carbons (Fsp3) is 0.185. The Morgan fingerprint density at radius 3 is 1.73 bits per heavy atom. The topological polar surface area (TPSA) is 128 Å². The molecule has 0 unspecified atom stereocenters. The molecule has 192 valence electrons. The van der Waals surface area contributed by atoms with Crippen molar-refractivity contribution in [3.05, 3.63) is 93.5 Å². The molecule has 3 aromatic rings. The molecule has 0 radical (unpaired) electrons. The van der Waals surface area contributed by atoms with Crippen molar-refractivity contribution in [1.82, 2.24) is 0 Å². The van der Waals surface area contributed by atoms with Crippen LogP contribution in [0, 0.1) is 13.8 Å². The van der Waals surface area contributed by atoms with Crippen LogP contribution >= 0.6 is 15.9 Å². The number of hydrogen-bond donors (Lipinski definition) is 2. The number of carboxylic acid groups (broad SMARTS) is 1. The fourth-order valence-electron chi connectivity index (χ4n) is 3.22. The lowest BCUT2D eigenvalue weighted by Gasteiger charge is -2.24. The number of halogens is 1. The van der Waals surface area contributed by atoms with Crippen LogP contribution in [-0.4, -0.2) is 48.2 Å². The smallest absolute Gasteiger partial charge is 0.349 e. The van der Waals surface area contributed by atoms with Crippen LogP contribution in [0.15, 0.2) is 71.2 Å². The van der Waals surface area contributed by atoms with Gasteiger partial charge in [-0.3, -0.25) is 4.79 Å². The third kappa shape index (κ3) is 7.17. The first-order valence-corrected chi connectivity index (χ1v) is 11.8. The minimum Gasteiger partial charge on any atom is -0.495 e. The van der Waals surface area contributed by atoms with Crippen molar-refractivity contribution in [3.8, 4) is 5.75 Å². The summed E-state index contributed by atoms with van der Waals surface area (Å²) in [5.41, 5.74) is 2.07. The van der Waals surface area contributed by atoms with E-state index < -0.39 is 36.0 Å². The molecule has 3 aromatic carbocycles. The van der Waals surface area contributed by atoms with Crippen LogP contribution in [-0.2, 0) is 19.1 Å². The number of carboxylic acids is 1. The third-order valence-electron chi connectivity index (χ3n) is 5.24. The summed E-state index contributed by atoms with van der Waals surface area (Å²) in [5, 5.41) is 12.4. The van der Waals surface area contributed by atoms with Crippen LogP contribution in [0.2, 0.25) is 0 Å². The van der Waals surface area contributed by atoms with E-state index in [4.69, 9.17) is 14.2 Å². The molecule has 10 heteroatoms. The lowest BCUT2D eigenvalue weighted by molar-refractivity contribution is -0.157. The highest BCUT2D eigenvalue weighted by Gasteiger charge is 2.41. The first kappa shape index (κ1) is 27.4. The summed E-state index contributed by atoms with van der Waals surface area (Å²) >= 11 is 3.29.